The summed E-state index contributed by atoms with van der Waals surface area (Å²) in [6.45, 7) is 6.06. The molecule has 3 aromatic rings. The van der Waals surface area contributed by atoms with Crippen molar-refractivity contribution in [3.05, 3.63) is 47.9 Å². The second-order valence-corrected chi connectivity index (χ2v) is 8.95. The Balaban J connectivity index is 1.51. The summed E-state index contributed by atoms with van der Waals surface area (Å²) in [6.07, 6.45) is 3.48. The lowest BCUT2D eigenvalue weighted by Crippen LogP contribution is -2.49. The average Bonchev–Trinajstić information content (AvgIpc) is 3.16. The van der Waals surface area contributed by atoms with Gasteiger partial charge in [-0.25, -0.2) is 13.4 Å². The molecular weight excluding hydrogens is 376 g/mol. The molecule has 1 saturated heterocycles. The van der Waals surface area contributed by atoms with Crippen LogP contribution < -0.4 is 4.90 Å². The maximum absolute atomic E-state index is 13.0. The maximum atomic E-state index is 13.0. The maximum Gasteiger partial charge on any atom is 0.254 e. The zero-order valence-electron chi connectivity index (χ0n) is 16.1. The molecule has 0 saturated carbocycles. The van der Waals surface area contributed by atoms with Gasteiger partial charge < -0.3 is 4.90 Å². The van der Waals surface area contributed by atoms with Crippen molar-refractivity contribution < 1.29 is 8.42 Å². The lowest BCUT2D eigenvalue weighted by atomic mass is 10.1. The molecule has 0 spiro atoms. The van der Waals surface area contributed by atoms with E-state index in [1.54, 1.807) is 21.0 Å². The molecule has 1 aliphatic rings. The van der Waals surface area contributed by atoms with Crippen molar-refractivity contribution in [2.75, 3.05) is 31.1 Å². The van der Waals surface area contributed by atoms with Crippen molar-refractivity contribution in [2.45, 2.75) is 31.6 Å². The van der Waals surface area contributed by atoms with Gasteiger partial charge in [0.05, 0.1) is 4.90 Å². The molecule has 0 unspecified atom stereocenters. The van der Waals surface area contributed by atoms with E-state index >= 15 is 0 Å². The van der Waals surface area contributed by atoms with E-state index < -0.39 is 10.0 Å². The van der Waals surface area contributed by atoms with Crippen molar-refractivity contribution in [1.29, 1.82) is 0 Å². The third-order valence-electron chi connectivity index (χ3n) is 5.02. The third-order valence-corrected chi connectivity index (χ3v) is 6.94. The number of fused-ring (bicyclic) bond motifs is 1. The van der Waals surface area contributed by atoms with E-state index in [-0.39, 0.29) is 0 Å². The number of aromatic nitrogens is 4. The van der Waals surface area contributed by atoms with Gasteiger partial charge in [-0.05, 0) is 31.0 Å². The topological polar surface area (TPSA) is 83.7 Å². The lowest BCUT2D eigenvalue weighted by Gasteiger charge is -2.35. The number of hydrogen-bond donors (Lipinski definition) is 0. The summed E-state index contributed by atoms with van der Waals surface area (Å²) in [5, 5.41) is 4.24. The van der Waals surface area contributed by atoms with Gasteiger partial charge in [0.1, 0.15) is 12.1 Å². The third kappa shape index (κ3) is 3.47. The van der Waals surface area contributed by atoms with E-state index in [1.807, 2.05) is 25.1 Å². The minimum Gasteiger partial charge on any atom is -0.354 e. The Labute approximate surface area is 164 Å². The highest BCUT2D eigenvalue weighted by molar-refractivity contribution is 7.89. The van der Waals surface area contributed by atoms with Crippen molar-refractivity contribution in [1.82, 2.24) is 23.9 Å². The average molecular weight is 401 g/mol. The second kappa shape index (κ2) is 7.48. The van der Waals surface area contributed by atoms with Crippen molar-refractivity contribution in [3.8, 4) is 0 Å². The molecule has 8 nitrogen and oxygen atoms in total. The van der Waals surface area contributed by atoms with Gasteiger partial charge in [0.15, 0.2) is 0 Å². The molecule has 0 atom stereocenters. The fourth-order valence-electron chi connectivity index (χ4n) is 3.56. The SMILES string of the molecule is CCCc1ccc(S(=O)(=O)N2CCN(c3cc(C)nc4ncnn34)CC2)cc1. The quantitative estimate of drug-likeness (QED) is 0.650. The molecule has 1 aliphatic heterocycles. The first-order valence-electron chi connectivity index (χ1n) is 9.50. The minimum absolute atomic E-state index is 0.360. The van der Waals surface area contributed by atoms with Crippen LogP contribution in [-0.2, 0) is 16.4 Å². The summed E-state index contributed by atoms with van der Waals surface area (Å²) >= 11 is 0. The van der Waals surface area contributed by atoms with Crippen LogP contribution in [0.1, 0.15) is 24.6 Å². The normalized spacial score (nSPS) is 16.0. The van der Waals surface area contributed by atoms with Crippen LogP contribution >= 0.6 is 0 Å². The number of hydrogen-bond acceptors (Lipinski definition) is 6. The number of sulfonamides is 1. The summed E-state index contributed by atoms with van der Waals surface area (Å²) in [6, 6.07) is 9.22. The van der Waals surface area contributed by atoms with Gasteiger partial charge in [-0.15, -0.1) is 0 Å². The first-order chi connectivity index (χ1) is 13.5. The number of anilines is 1. The highest BCUT2D eigenvalue weighted by atomic mass is 32.2. The highest BCUT2D eigenvalue weighted by Gasteiger charge is 2.29. The zero-order chi connectivity index (χ0) is 19.7. The summed E-state index contributed by atoms with van der Waals surface area (Å²) in [4.78, 5) is 11.0. The molecule has 28 heavy (non-hydrogen) atoms. The second-order valence-electron chi connectivity index (χ2n) is 7.01. The van der Waals surface area contributed by atoms with Crippen molar-refractivity contribution >= 4 is 21.6 Å². The Bertz CT molecular complexity index is 1070. The van der Waals surface area contributed by atoms with Gasteiger partial charge in [0.2, 0.25) is 10.0 Å². The monoisotopic (exact) mass is 400 g/mol. The Hall–Kier alpha value is -2.52. The molecule has 3 heterocycles. The van der Waals surface area contributed by atoms with Crippen LogP contribution in [0, 0.1) is 6.92 Å². The van der Waals surface area contributed by atoms with Crippen LogP contribution in [0.25, 0.3) is 5.78 Å². The largest absolute Gasteiger partial charge is 0.354 e. The molecule has 0 amide bonds. The van der Waals surface area contributed by atoms with Gasteiger partial charge in [0, 0.05) is 37.9 Å². The van der Waals surface area contributed by atoms with E-state index in [2.05, 4.69) is 26.9 Å². The molecule has 0 aliphatic carbocycles. The molecule has 0 N–H and O–H groups in total. The van der Waals surface area contributed by atoms with Crippen LogP contribution in [0.3, 0.4) is 0 Å². The first kappa shape index (κ1) is 18.8. The predicted molar refractivity (Wildman–Crippen MR) is 107 cm³/mol. The van der Waals surface area contributed by atoms with E-state index in [4.69, 9.17) is 0 Å². The summed E-state index contributed by atoms with van der Waals surface area (Å²) < 4.78 is 29.2. The minimum atomic E-state index is -3.48. The Morgan fingerprint density at radius 1 is 1.07 bits per heavy atom. The molecular formula is C19H24N6O2S. The Morgan fingerprint density at radius 3 is 2.46 bits per heavy atom. The standard InChI is InChI=1S/C19H24N6O2S/c1-3-4-16-5-7-17(8-6-16)28(26,27)24-11-9-23(10-12-24)18-13-15(2)22-19-20-14-21-25(18)19/h5-8,13-14H,3-4,9-12H2,1-2H3. The first-order valence-corrected chi connectivity index (χ1v) is 10.9. The molecule has 9 heteroatoms. The van der Waals surface area contributed by atoms with Gasteiger partial charge in [-0.1, -0.05) is 25.5 Å². The van der Waals surface area contributed by atoms with E-state index in [0.29, 0.717) is 36.9 Å². The molecule has 148 valence electrons. The Morgan fingerprint density at radius 2 is 1.79 bits per heavy atom. The van der Waals surface area contributed by atoms with E-state index in [1.165, 1.54) is 6.33 Å². The fraction of sp³-hybridized carbons (Fsp3) is 0.421. The molecule has 1 fully saturated rings. The van der Waals surface area contributed by atoms with Crippen molar-refractivity contribution in [2.24, 2.45) is 0 Å². The smallest absolute Gasteiger partial charge is 0.254 e. The molecule has 2 aromatic heterocycles. The molecule has 4 rings (SSSR count). The van der Waals surface area contributed by atoms with Crippen LogP contribution in [0.5, 0.6) is 0 Å². The number of nitrogens with zero attached hydrogens (tertiary/aromatic N) is 6. The van der Waals surface area contributed by atoms with Crippen LogP contribution in [-0.4, -0.2) is 58.5 Å². The van der Waals surface area contributed by atoms with Gasteiger partial charge in [0.25, 0.3) is 5.78 Å². The Kier molecular flexibility index (Phi) is 5.03. The summed E-state index contributed by atoms with van der Waals surface area (Å²) in [7, 11) is -3.48. The zero-order valence-corrected chi connectivity index (χ0v) is 16.9. The van der Waals surface area contributed by atoms with Crippen LogP contribution in [0.15, 0.2) is 41.6 Å². The van der Waals surface area contributed by atoms with E-state index in [0.717, 1.165) is 29.9 Å². The summed E-state index contributed by atoms with van der Waals surface area (Å²) in [5.74, 6) is 1.44. The number of aryl methyl sites for hydroxylation is 2. The fourth-order valence-corrected chi connectivity index (χ4v) is 4.98. The molecule has 0 bridgehead atoms. The number of benzene rings is 1. The van der Waals surface area contributed by atoms with Crippen LogP contribution in [0.2, 0.25) is 0 Å². The highest BCUT2D eigenvalue weighted by Crippen LogP contribution is 2.22. The number of rotatable bonds is 5. The number of piperazine rings is 1. The van der Waals surface area contributed by atoms with Gasteiger partial charge in [-0.2, -0.15) is 18.9 Å². The van der Waals surface area contributed by atoms with Gasteiger partial charge in [-0.3, -0.25) is 0 Å². The molecule has 0 radical (unpaired) electrons. The predicted octanol–water partition coefficient (Wildman–Crippen LogP) is 1.90. The van der Waals surface area contributed by atoms with Crippen molar-refractivity contribution in [3.63, 3.8) is 0 Å². The molecule has 1 aromatic carbocycles. The summed E-state index contributed by atoms with van der Waals surface area (Å²) in [5.41, 5.74) is 2.02. The van der Waals surface area contributed by atoms with Crippen LogP contribution in [0.4, 0.5) is 5.82 Å². The lowest BCUT2D eigenvalue weighted by molar-refractivity contribution is 0.383. The van der Waals surface area contributed by atoms with E-state index in [9.17, 15) is 8.42 Å². The van der Waals surface area contributed by atoms with Gasteiger partial charge >= 0.3 is 0 Å².